The number of carbonyl (C=O) groups excluding carboxylic acids is 2. The van der Waals surface area contributed by atoms with E-state index in [4.69, 9.17) is 4.74 Å². The number of nitrogens with one attached hydrogen (secondary N) is 1. The molecule has 0 aliphatic carbocycles. The van der Waals surface area contributed by atoms with Gasteiger partial charge in [0.05, 0.1) is 25.4 Å². The van der Waals surface area contributed by atoms with E-state index in [0.717, 1.165) is 51.4 Å². The van der Waals surface area contributed by atoms with Crippen molar-refractivity contribution in [3.8, 4) is 0 Å². The van der Waals surface area contributed by atoms with E-state index in [1.165, 1.54) is 225 Å². The van der Waals surface area contributed by atoms with Crippen LogP contribution in [0.15, 0.2) is 24.3 Å². The molecule has 0 aliphatic heterocycles. The van der Waals surface area contributed by atoms with Crippen LogP contribution in [0.25, 0.3) is 0 Å². The minimum atomic E-state index is -0.667. The third-order valence-electron chi connectivity index (χ3n) is 13.3. The molecule has 0 spiro atoms. The normalized spacial score (nSPS) is 12.8. The van der Waals surface area contributed by atoms with Crippen molar-refractivity contribution in [1.29, 1.82) is 0 Å². The summed E-state index contributed by atoms with van der Waals surface area (Å²) in [5.41, 5.74) is 0. The zero-order valence-corrected chi connectivity index (χ0v) is 43.0. The Morgan fingerprint density at radius 2 is 0.781 bits per heavy atom. The van der Waals surface area contributed by atoms with E-state index in [9.17, 15) is 19.8 Å². The molecule has 0 aromatic heterocycles. The minimum absolute atomic E-state index is 0.0354. The second kappa shape index (κ2) is 54.0. The summed E-state index contributed by atoms with van der Waals surface area (Å²) >= 11 is 0. The molecule has 0 fully saturated rings. The molecule has 0 saturated carbocycles. The zero-order chi connectivity index (χ0) is 46.5. The number of aliphatic hydroxyl groups is 2. The predicted molar refractivity (Wildman–Crippen MR) is 278 cm³/mol. The Balaban J connectivity index is 3.45. The number of hydrogen-bond acceptors (Lipinski definition) is 5. The maximum atomic E-state index is 12.5. The highest BCUT2D eigenvalue weighted by Gasteiger charge is 2.20. The number of carbonyl (C=O) groups is 2. The van der Waals surface area contributed by atoms with Crippen LogP contribution >= 0.6 is 0 Å². The smallest absolute Gasteiger partial charge is 0.305 e. The second-order valence-corrected chi connectivity index (χ2v) is 19.6. The van der Waals surface area contributed by atoms with E-state index in [-0.39, 0.29) is 18.5 Å². The number of amides is 1. The van der Waals surface area contributed by atoms with Crippen molar-refractivity contribution in [3.63, 3.8) is 0 Å². The van der Waals surface area contributed by atoms with Crippen molar-refractivity contribution in [2.75, 3.05) is 13.2 Å². The van der Waals surface area contributed by atoms with Crippen LogP contribution in [0, 0.1) is 0 Å². The molecule has 0 bridgehead atoms. The number of ether oxygens (including phenoxy) is 1. The molecule has 0 aromatic rings. The second-order valence-electron chi connectivity index (χ2n) is 19.6. The summed E-state index contributed by atoms with van der Waals surface area (Å²) in [6, 6.07) is -0.544. The lowest BCUT2D eigenvalue weighted by molar-refractivity contribution is -0.143. The van der Waals surface area contributed by atoms with Crippen LogP contribution < -0.4 is 5.32 Å². The van der Waals surface area contributed by atoms with Gasteiger partial charge in [-0.25, -0.2) is 0 Å². The summed E-state index contributed by atoms with van der Waals surface area (Å²) in [6.07, 6.45) is 64.7. The predicted octanol–water partition coefficient (Wildman–Crippen LogP) is 17.5. The van der Waals surface area contributed by atoms with Gasteiger partial charge in [0, 0.05) is 12.8 Å². The Hall–Kier alpha value is -1.66. The van der Waals surface area contributed by atoms with Gasteiger partial charge in [-0.05, 0) is 44.9 Å². The summed E-state index contributed by atoms with van der Waals surface area (Å²) in [7, 11) is 0. The molecule has 0 rings (SSSR count). The first-order valence-corrected chi connectivity index (χ1v) is 28.6. The molecule has 378 valence electrons. The summed E-state index contributed by atoms with van der Waals surface area (Å²) in [4.78, 5) is 24.4. The monoisotopic (exact) mass is 902 g/mol. The Morgan fingerprint density at radius 3 is 1.19 bits per heavy atom. The van der Waals surface area contributed by atoms with Crippen molar-refractivity contribution in [2.45, 2.75) is 321 Å². The molecule has 0 aliphatic rings. The highest BCUT2D eigenvalue weighted by molar-refractivity contribution is 5.76. The lowest BCUT2D eigenvalue weighted by atomic mass is 10.0. The lowest BCUT2D eigenvalue weighted by Crippen LogP contribution is -2.45. The highest BCUT2D eigenvalue weighted by atomic mass is 16.5. The first-order valence-electron chi connectivity index (χ1n) is 28.6. The van der Waals surface area contributed by atoms with Gasteiger partial charge in [0.1, 0.15) is 0 Å². The summed E-state index contributed by atoms with van der Waals surface area (Å²) < 4.78 is 5.39. The van der Waals surface area contributed by atoms with Gasteiger partial charge in [0.15, 0.2) is 0 Å². The average Bonchev–Trinajstić information content (AvgIpc) is 3.29. The quantitative estimate of drug-likeness (QED) is 0.0321. The van der Waals surface area contributed by atoms with Crippen LogP contribution in [0.4, 0.5) is 0 Å². The first-order chi connectivity index (χ1) is 31.5. The van der Waals surface area contributed by atoms with Crippen LogP contribution in [0.1, 0.15) is 309 Å². The Morgan fingerprint density at radius 1 is 0.438 bits per heavy atom. The summed E-state index contributed by atoms with van der Waals surface area (Å²) in [6.45, 7) is 4.85. The first kappa shape index (κ1) is 62.3. The van der Waals surface area contributed by atoms with Gasteiger partial charge in [-0.3, -0.25) is 9.59 Å². The van der Waals surface area contributed by atoms with E-state index in [1.54, 1.807) is 0 Å². The van der Waals surface area contributed by atoms with Crippen LogP contribution in [0.2, 0.25) is 0 Å². The fraction of sp³-hybridized carbons (Fsp3) is 0.897. The molecule has 0 saturated heterocycles. The van der Waals surface area contributed by atoms with Crippen molar-refractivity contribution in [2.24, 2.45) is 0 Å². The number of unbranched alkanes of at least 4 members (excludes halogenated alkanes) is 38. The number of allylic oxidation sites excluding steroid dienone is 3. The summed E-state index contributed by atoms with van der Waals surface area (Å²) in [5, 5.41) is 23.3. The van der Waals surface area contributed by atoms with E-state index in [1.807, 2.05) is 0 Å². The van der Waals surface area contributed by atoms with Gasteiger partial charge < -0.3 is 20.3 Å². The Kier molecular flexibility index (Phi) is 52.6. The van der Waals surface area contributed by atoms with Gasteiger partial charge in [-0.15, -0.1) is 0 Å². The van der Waals surface area contributed by atoms with Crippen LogP contribution in [-0.2, 0) is 14.3 Å². The van der Waals surface area contributed by atoms with Gasteiger partial charge in [0.25, 0.3) is 0 Å². The third-order valence-corrected chi connectivity index (χ3v) is 13.3. The molecule has 0 radical (unpaired) electrons. The maximum absolute atomic E-state index is 12.5. The Labute approximate surface area is 399 Å². The van der Waals surface area contributed by atoms with Crippen molar-refractivity contribution in [3.05, 3.63) is 24.3 Å². The van der Waals surface area contributed by atoms with Crippen molar-refractivity contribution in [1.82, 2.24) is 5.32 Å². The van der Waals surface area contributed by atoms with Gasteiger partial charge in [0.2, 0.25) is 5.91 Å². The Bertz CT molecular complexity index is 997. The largest absolute Gasteiger partial charge is 0.465 e. The lowest BCUT2D eigenvalue weighted by Gasteiger charge is -2.22. The van der Waals surface area contributed by atoms with Crippen LogP contribution in [-0.4, -0.2) is 47.4 Å². The molecule has 1 amide bonds. The van der Waals surface area contributed by atoms with Crippen molar-refractivity contribution < 1.29 is 24.5 Å². The van der Waals surface area contributed by atoms with Gasteiger partial charge >= 0.3 is 5.97 Å². The molecule has 64 heavy (non-hydrogen) atoms. The van der Waals surface area contributed by atoms with E-state index >= 15 is 0 Å². The van der Waals surface area contributed by atoms with Crippen LogP contribution in [0.5, 0.6) is 0 Å². The fourth-order valence-corrected chi connectivity index (χ4v) is 8.89. The number of hydrogen-bond donors (Lipinski definition) is 3. The summed E-state index contributed by atoms with van der Waals surface area (Å²) in [5.74, 6) is -0.0737. The molecule has 2 unspecified atom stereocenters. The fourth-order valence-electron chi connectivity index (χ4n) is 8.89. The molecular weight excluding hydrogens is 791 g/mol. The van der Waals surface area contributed by atoms with E-state index < -0.39 is 12.1 Å². The van der Waals surface area contributed by atoms with E-state index in [0.29, 0.717) is 25.9 Å². The zero-order valence-electron chi connectivity index (χ0n) is 43.0. The topological polar surface area (TPSA) is 95.9 Å². The van der Waals surface area contributed by atoms with Crippen molar-refractivity contribution >= 4 is 11.9 Å². The maximum Gasteiger partial charge on any atom is 0.305 e. The number of aliphatic hydroxyl groups excluding tert-OH is 2. The molecule has 0 aromatic carbocycles. The molecule has 0 heterocycles. The highest BCUT2D eigenvalue weighted by Crippen LogP contribution is 2.17. The van der Waals surface area contributed by atoms with Gasteiger partial charge in [-0.2, -0.15) is 0 Å². The van der Waals surface area contributed by atoms with Crippen LogP contribution in [0.3, 0.4) is 0 Å². The molecule has 6 nitrogen and oxygen atoms in total. The molecule has 6 heteroatoms. The molecule has 2 atom stereocenters. The standard InChI is InChI=1S/C58H111NO5/c1-3-5-7-9-11-13-15-16-24-27-31-34-38-42-46-50-56(61)55(54-60)59-57(62)51-47-43-39-35-32-28-25-22-20-18-17-19-21-23-26-29-33-37-41-45-49-53-64-58(63)52-48-44-40-36-30-14-12-10-8-6-4-2/h29,33,41,45,55-56,60-61H,3-28,30-32,34-40,42-44,46-54H2,1-2H3,(H,59,62)/b33-29-,45-41-. The number of esters is 1. The van der Waals surface area contributed by atoms with E-state index in [2.05, 4.69) is 43.5 Å². The van der Waals surface area contributed by atoms with Gasteiger partial charge in [-0.1, -0.05) is 276 Å². The molecule has 3 N–H and O–H groups in total. The minimum Gasteiger partial charge on any atom is -0.465 e. The number of rotatable bonds is 53. The third kappa shape index (κ3) is 49.8. The SMILES string of the molecule is CCCCCCCCCCCCCCCCCC(O)C(CO)NC(=O)CCCCCCCCCCCCCCCC/C=C\C/C=C\CCOC(=O)CCCCCCCCCCCCC. The molecular formula is C58H111NO5. The average molecular weight is 903 g/mol.